The van der Waals surface area contributed by atoms with Crippen molar-refractivity contribution in [1.82, 2.24) is 4.72 Å². The summed E-state index contributed by atoms with van der Waals surface area (Å²) in [6, 6.07) is 2.48. The Hall–Kier alpha value is -0.820. The average Bonchev–Trinajstić information content (AvgIpc) is 2.34. The lowest BCUT2D eigenvalue weighted by molar-refractivity contribution is -0.0645. The summed E-state index contributed by atoms with van der Waals surface area (Å²) in [6.45, 7) is 5.38. The van der Waals surface area contributed by atoms with Crippen molar-refractivity contribution in [2.45, 2.75) is 44.2 Å². The molecule has 2 rings (SSSR count). The molecule has 0 aliphatic heterocycles. The van der Waals surface area contributed by atoms with Crippen LogP contribution >= 0.6 is 11.6 Å². The summed E-state index contributed by atoms with van der Waals surface area (Å²) in [7, 11) is -3.70. The molecule has 20 heavy (non-hydrogen) atoms. The number of rotatable bonds is 3. The zero-order chi connectivity index (χ0) is 15.3. The first-order valence-electron chi connectivity index (χ1n) is 6.31. The molecule has 0 heterocycles. The van der Waals surface area contributed by atoms with Crippen LogP contribution in [0.3, 0.4) is 0 Å². The van der Waals surface area contributed by atoms with Crippen molar-refractivity contribution < 1.29 is 13.5 Å². The van der Waals surface area contributed by atoms with Gasteiger partial charge in [-0.3, -0.25) is 0 Å². The van der Waals surface area contributed by atoms with E-state index in [2.05, 4.69) is 4.72 Å². The van der Waals surface area contributed by atoms with E-state index in [-0.39, 0.29) is 10.9 Å². The number of sulfonamides is 1. The van der Waals surface area contributed by atoms with Crippen LogP contribution in [0.15, 0.2) is 17.0 Å². The molecule has 5 nitrogen and oxygen atoms in total. The lowest BCUT2D eigenvalue weighted by atomic mass is 9.65. The highest BCUT2D eigenvalue weighted by molar-refractivity contribution is 7.89. The molecule has 1 fully saturated rings. The SMILES string of the molecule is Cc1c(N)cc(S(=O)(=O)NC2CC(O)C2(C)C)cc1Cl. The van der Waals surface area contributed by atoms with Gasteiger partial charge in [-0.2, -0.15) is 0 Å². The number of aliphatic hydroxyl groups excluding tert-OH is 1. The molecular weight excluding hydrogens is 300 g/mol. The van der Waals surface area contributed by atoms with Gasteiger partial charge in [0.1, 0.15) is 0 Å². The first kappa shape index (κ1) is 15.6. The van der Waals surface area contributed by atoms with Crippen LogP contribution < -0.4 is 10.5 Å². The fourth-order valence-corrected chi connectivity index (χ4v) is 3.94. The maximum absolute atomic E-state index is 12.3. The fraction of sp³-hybridized carbons (Fsp3) is 0.538. The van der Waals surface area contributed by atoms with Gasteiger partial charge >= 0.3 is 0 Å². The molecule has 0 radical (unpaired) electrons. The van der Waals surface area contributed by atoms with Crippen LogP contribution in [0.1, 0.15) is 25.8 Å². The summed E-state index contributed by atoms with van der Waals surface area (Å²) in [4.78, 5) is 0.0442. The van der Waals surface area contributed by atoms with E-state index in [0.717, 1.165) is 0 Å². The molecule has 0 aromatic heterocycles. The van der Waals surface area contributed by atoms with Gasteiger partial charge in [0.05, 0.1) is 11.0 Å². The average molecular weight is 319 g/mol. The standard InChI is InChI=1S/C13H19ClN2O3S/c1-7-9(14)4-8(5-10(7)15)20(18,19)16-11-6-12(17)13(11,2)3/h4-5,11-12,16-17H,6,15H2,1-3H3. The molecule has 1 aromatic rings. The minimum Gasteiger partial charge on any atom is -0.398 e. The second kappa shape index (κ2) is 4.87. The number of anilines is 1. The molecule has 4 N–H and O–H groups in total. The highest BCUT2D eigenvalue weighted by Gasteiger charge is 2.48. The monoisotopic (exact) mass is 318 g/mol. The number of benzene rings is 1. The summed E-state index contributed by atoms with van der Waals surface area (Å²) in [5.41, 5.74) is 6.27. The predicted octanol–water partition coefficient (Wildman–Crippen LogP) is 1.67. The Kier molecular flexibility index (Phi) is 3.79. The van der Waals surface area contributed by atoms with Crippen molar-refractivity contribution >= 4 is 27.3 Å². The first-order valence-corrected chi connectivity index (χ1v) is 8.18. The maximum Gasteiger partial charge on any atom is 0.240 e. The summed E-state index contributed by atoms with van der Waals surface area (Å²) in [5, 5.41) is 9.98. The topological polar surface area (TPSA) is 92.4 Å². The fourth-order valence-electron chi connectivity index (χ4n) is 2.19. The van der Waals surface area contributed by atoms with E-state index in [0.29, 0.717) is 22.7 Å². The van der Waals surface area contributed by atoms with E-state index in [1.165, 1.54) is 12.1 Å². The van der Waals surface area contributed by atoms with Gasteiger partial charge in [0, 0.05) is 22.2 Å². The molecule has 112 valence electrons. The van der Waals surface area contributed by atoms with Gasteiger partial charge in [-0.1, -0.05) is 25.4 Å². The van der Waals surface area contributed by atoms with E-state index in [9.17, 15) is 13.5 Å². The van der Waals surface area contributed by atoms with Crippen molar-refractivity contribution in [3.05, 3.63) is 22.7 Å². The van der Waals surface area contributed by atoms with Crippen LogP contribution in [0.2, 0.25) is 5.02 Å². The highest BCUT2D eigenvalue weighted by atomic mass is 35.5. The molecule has 0 spiro atoms. The van der Waals surface area contributed by atoms with Crippen LogP contribution in [0.5, 0.6) is 0 Å². The third-order valence-corrected chi connectivity index (χ3v) is 6.03. The summed E-state index contributed by atoms with van der Waals surface area (Å²) >= 11 is 5.98. The lowest BCUT2D eigenvalue weighted by Gasteiger charge is -2.49. The van der Waals surface area contributed by atoms with Gasteiger partial charge in [0.2, 0.25) is 10.0 Å². The van der Waals surface area contributed by atoms with Crippen LogP contribution in [-0.4, -0.2) is 25.7 Å². The Morgan fingerprint density at radius 2 is 2.05 bits per heavy atom. The third-order valence-electron chi connectivity index (χ3n) is 4.18. The number of hydrogen-bond donors (Lipinski definition) is 3. The molecule has 2 unspecified atom stereocenters. The van der Waals surface area contributed by atoms with E-state index >= 15 is 0 Å². The number of hydrogen-bond acceptors (Lipinski definition) is 4. The van der Waals surface area contributed by atoms with Crippen molar-refractivity contribution in [2.24, 2.45) is 5.41 Å². The van der Waals surface area contributed by atoms with Gasteiger partial charge in [-0.25, -0.2) is 13.1 Å². The minimum atomic E-state index is -3.70. The lowest BCUT2D eigenvalue weighted by Crippen LogP contribution is -2.61. The zero-order valence-corrected chi connectivity index (χ0v) is 13.2. The minimum absolute atomic E-state index is 0.0442. The summed E-state index contributed by atoms with van der Waals surface area (Å²) in [5.74, 6) is 0. The number of nitrogen functional groups attached to an aromatic ring is 1. The molecule has 1 saturated carbocycles. The Balaban J connectivity index is 2.28. The zero-order valence-electron chi connectivity index (χ0n) is 11.6. The van der Waals surface area contributed by atoms with Crippen LogP contribution in [-0.2, 0) is 10.0 Å². The quantitative estimate of drug-likeness (QED) is 0.739. The van der Waals surface area contributed by atoms with Crippen molar-refractivity contribution in [3.63, 3.8) is 0 Å². The van der Waals surface area contributed by atoms with Gasteiger partial charge in [0.25, 0.3) is 0 Å². The Morgan fingerprint density at radius 1 is 1.45 bits per heavy atom. The van der Waals surface area contributed by atoms with Crippen LogP contribution in [0.25, 0.3) is 0 Å². The summed E-state index contributed by atoms with van der Waals surface area (Å²) < 4.78 is 27.3. The number of aliphatic hydroxyl groups is 1. The van der Waals surface area contributed by atoms with E-state index in [1.54, 1.807) is 6.92 Å². The van der Waals surface area contributed by atoms with E-state index in [4.69, 9.17) is 17.3 Å². The second-order valence-corrected chi connectivity index (χ2v) is 7.99. The second-order valence-electron chi connectivity index (χ2n) is 5.87. The van der Waals surface area contributed by atoms with Gasteiger partial charge in [-0.05, 0) is 31.0 Å². The molecule has 0 saturated heterocycles. The molecule has 1 aliphatic carbocycles. The van der Waals surface area contributed by atoms with E-state index in [1.807, 2.05) is 13.8 Å². The largest absolute Gasteiger partial charge is 0.398 e. The molecular formula is C13H19ClN2O3S. The number of nitrogens with one attached hydrogen (secondary N) is 1. The molecule has 1 aliphatic rings. The van der Waals surface area contributed by atoms with Crippen molar-refractivity contribution in [2.75, 3.05) is 5.73 Å². The molecule has 0 amide bonds. The molecule has 1 aromatic carbocycles. The maximum atomic E-state index is 12.3. The van der Waals surface area contributed by atoms with Crippen LogP contribution in [0, 0.1) is 12.3 Å². The van der Waals surface area contributed by atoms with E-state index < -0.39 is 21.5 Å². The Morgan fingerprint density at radius 3 is 2.50 bits per heavy atom. The predicted molar refractivity (Wildman–Crippen MR) is 79.1 cm³/mol. The van der Waals surface area contributed by atoms with Crippen LogP contribution in [0.4, 0.5) is 5.69 Å². The van der Waals surface area contributed by atoms with Crippen molar-refractivity contribution in [1.29, 1.82) is 0 Å². The molecule has 2 atom stereocenters. The number of halogens is 1. The van der Waals surface area contributed by atoms with Gasteiger partial charge in [-0.15, -0.1) is 0 Å². The van der Waals surface area contributed by atoms with Gasteiger partial charge < -0.3 is 10.8 Å². The molecule has 0 bridgehead atoms. The Labute approximate surface area is 124 Å². The van der Waals surface area contributed by atoms with Crippen molar-refractivity contribution in [3.8, 4) is 0 Å². The number of nitrogens with two attached hydrogens (primary N) is 1. The summed E-state index contributed by atoms with van der Waals surface area (Å²) in [6.07, 6.45) is -0.0942. The normalized spacial score (nSPS) is 25.2. The highest BCUT2D eigenvalue weighted by Crippen LogP contribution is 2.41. The third kappa shape index (κ3) is 2.53. The smallest absolute Gasteiger partial charge is 0.240 e. The van der Waals surface area contributed by atoms with Gasteiger partial charge in [0.15, 0.2) is 0 Å². The molecule has 7 heteroatoms. The first-order chi connectivity index (χ1) is 9.05. The Bertz CT molecular complexity index is 620.